The van der Waals surface area contributed by atoms with Gasteiger partial charge in [0.1, 0.15) is 5.75 Å². The van der Waals surface area contributed by atoms with Crippen molar-refractivity contribution < 1.29 is 14.3 Å². The Bertz CT molecular complexity index is 683. The van der Waals surface area contributed by atoms with Crippen LogP contribution in [0.15, 0.2) is 53.0 Å². The van der Waals surface area contributed by atoms with Gasteiger partial charge in [0.15, 0.2) is 12.4 Å². The van der Waals surface area contributed by atoms with Crippen LogP contribution in [0, 0.1) is 0 Å². The van der Waals surface area contributed by atoms with Crippen molar-refractivity contribution in [1.29, 1.82) is 0 Å². The standard InChI is InChI=1S/C18H18BrNO3/c1-2-17(21)14-6-8-16(9-7-14)23-12-18(22)20-11-13-4-3-5-15(19)10-13/h3-10H,2,11-12H2,1H3,(H,20,22). The number of carbonyl (C=O) groups is 2. The third kappa shape index (κ3) is 5.53. The number of halogens is 1. The third-order valence-electron chi connectivity index (χ3n) is 3.25. The topological polar surface area (TPSA) is 55.4 Å². The van der Waals surface area contributed by atoms with Crippen LogP contribution < -0.4 is 10.1 Å². The van der Waals surface area contributed by atoms with Gasteiger partial charge >= 0.3 is 0 Å². The van der Waals surface area contributed by atoms with Crippen molar-refractivity contribution in [1.82, 2.24) is 5.32 Å². The van der Waals surface area contributed by atoms with Crippen molar-refractivity contribution in [3.8, 4) is 5.75 Å². The van der Waals surface area contributed by atoms with E-state index < -0.39 is 0 Å². The molecule has 0 fully saturated rings. The summed E-state index contributed by atoms with van der Waals surface area (Å²) in [6.45, 7) is 2.21. The summed E-state index contributed by atoms with van der Waals surface area (Å²) in [7, 11) is 0. The molecular weight excluding hydrogens is 358 g/mol. The molecule has 2 aromatic carbocycles. The van der Waals surface area contributed by atoms with Crippen LogP contribution in [0.4, 0.5) is 0 Å². The van der Waals surface area contributed by atoms with Crippen LogP contribution in [0.5, 0.6) is 5.75 Å². The largest absolute Gasteiger partial charge is 0.484 e. The number of Topliss-reactive ketones (excluding diaryl/α,β-unsaturated/α-hetero) is 1. The minimum atomic E-state index is -0.196. The molecule has 0 aliphatic carbocycles. The minimum absolute atomic E-state index is 0.0604. The van der Waals surface area contributed by atoms with Crippen LogP contribution in [-0.2, 0) is 11.3 Å². The number of amides is 1. The number of carbonyl (C=O) groups excluding carboxylic acids is 2. The fraction of sp³-hybridized carbons (Fsp3) is 0.222. The second kappa shape index (κ2) is 8.48. The average molecular weight is 376 g/mol. The van der Waals surface area contributed by atoms with E-state index in [0.29, 0.717) is 24.3 Å². The first kappa shape index (κ1) is 17.2. The van der Waals surface area contributed by atoms with E-state index >= 15 is 0 Å². The molecule has 1 amide bonds. The molecular formula is C18H18BrNO3. The smallest absolute Gasteiger partial charge is 0.258 e. The lowest BCUT2D eigenvalue weighted by Gasteiger charge is -2.08. The molecule has 0 aliphatic heterocycles. The number of ketones is 1. The Hall–Kier alpha value is -2.14. The summed E-state index contributed by atoms with van der Waals surface area (Å²) in [6, 6.07) is 14.6. The number of hydrogen-bond donors (Lipinski definition) is 1. The summed E-state index contributed by atoms with van der Waals surface area (Å²) in [5, 5.41) is 2.80. The van der Waals surface area contributed by atoms with Crippen molar-refractivity contribution in [2.24, 2.45) is 0 Å². The Morgan fingerprint density at radius 1 is 1.13 bits per heavy atom. The fourth-order valence-corrected chi connectivity index (χ4v) is 2.44. The molecule has 0 unspecified atom stereocenters. The highest BCUT2D eigenvalue weighted by atomic mass is 79.9. The van der Waals surface area contributed by atoms with E-state index in [9.17, 15) is 9.59 Å². The Morgan fingerprint density at radius 3 is 2.52 bits per heavy atom. The Labute approximate surface area is 144 Å². The van der Waals surface area contributed by atoms with Gasteiger partial charge in [-0.25, -0.2) is 0 Å². The maximum Gasteiger partial charge on any atom is 0.258 e. The maximum absolute atomic E-state index is 11.8. The molecule has 2 rings (SSSR count). The van der Waals surface area contributed by atoms with Crippen molar-refractivity contribution >= 4 is 27.6 Å². The Kier molecular flexibility index (Phi) is 6.35. The summed E-state index contributed by atoms with van der Waals surface area (Å²) >= 11 is 3.39. The maximum atomic E-state index is 11.8. The number of nitrogens with one attached hydrogen (secondary N) is 1. The van der Waals surface area contributed by atoms with Crippen LogP contribution in [-0.4, -0.2) is 18.3 Å². The van der Waals surface area contributed by atoms with E-state index in [1.807, 2.05) is 31.2 Å². The van der Waals surface area contributed by atoms with Gasteiger partial charge in [-0.1, -0.05) is 35.0 Å². The second-order valence-corrected chi connectivity index (χ2v) is 5.91. The highest BCUT2D eigenvalue weighted by molar-refractivity contribution is 9.10. The number of benzene rings is 2. The number of rotatable bonds is 7. The van der Waals surface area contributed by atoms with Gasteiger partial charge in [-0.05, 0) is 42.0 Å². The average Bonchev–Trinajstić information content (AvgIpc) is 2.58. The zero-order valence-electron chi connectivity index (χ0n) is 12.8. The molecule has 5 heteroatoms. The van der Waals surface area contributed by atoms with E-state index in [0.717, 1.165) is 10.0 Å². The van der Waals surface area contributed by atoms with Gasteiger partial charge in [0, 0.05) is 23.0 Å². The minimum Gasteiger partial charge on any atom is -0.484 e. The molecule has 23 heavy (non-hydrogen) atoms. The van der Waals surface area contributed by atoms with Crippen molar-refractivity contribution in [3.05, 3.63) is 64.1 Å². The highest BCUT2D eigenvalue weighted by Crippen LogP contribution is 2.14. The molecule has 1 N–H and O–H groups in total. The molecule has 0 saturated heterocycles. The molecule has 2 aromatic rings. The zero-order chi connectivity index (χ0) is 16.7. The Balaban J connectivity index is 1.79. The number of ether oxygens (including phenoxy) is 1. The molecule has 0 spiro atoms. The molecule has 0 atom stereocenters. The normalized spacial score (nSPS) is 10.2. The first-order chi connectivity index (χ1) is 11.1. The summed E-state index contributed by atoms with van der Waals surface area (Å²) in [5.41, 5.74) is 1.66. The third-order valence-corrected chi connectivity index (χ3v) is 3.74. The van der Waals surface area contributed by atoms with Crippen LogP contribution in [0.3, 0.4) is 0 Å². The number of hydrogen-bond acceptors (Lipinski definition) is 3. The van der Waals surface area contributed by atoms with Gasteiger partial charge in [-0.3, -0.25) is 9.59 Å². The lowest BCUT2D eigenvalue weighted by molar-refractivity contribution is -0.123. The lowest BCUT2D eigenvalue weighted by Crippen LogP contribution is -2.28. The predicted octanol–water partition coefficient (Wildman–Crippen LogP) is 3.74. The Morgan fingerprint density at radius 2 is 1.87 bits per heavy atom. The monoisotopic (exact) mass is 375 g/mol. The van der Waals surface area contributed by atoms with Gasteiger partial charge in [-0.15, -0.1) is 0 Å². The summed E-state index contributed by atoms with van der Waals surface area (Å²) in [4.78, 5) is 23.3. The summed E-state index contributed by atoms with van der Waals surface area (Å²) < 4.78 is 6.39. The molecule has 0 bridgehead atoms. The van der Waals surface area contributed by atoms with E-state index in [-0.39, 0.29) is 18.3 Å². The predicted molar refractivity (Wildman–Crippen MR) is 92.5 cm³/mol. The first-order valence-corrected chi connectivity index (χ1v) is 8.15. The molecule has 120 valence electrons. The second-order valence-electron chi connectivity index (χ2n) is 5.00. The van der Waals surface area contributed by atoms with Crippen molar-refractivity contribution in [2.75, 3.05) is 6.61 Å². The molecule has 0 saturated carbocycles. The SMILES string of the molecule is CCC(=O)c1ccc(OCC(=O)NCc2cccc(Br)c2)cc1. The van der Waals surface area contributed by atoms with Crippen molar-refractivity contribution in [3.63, 3.8) is 0 Å². The van der Waals surface area contributed by atoms with Crippen LogP contribution >= 0.6 is 15.9 Å². The molecule has 0 radical (unpaired) electrons. The van der Waals surface area contributed by atoms with Gasteiger partial charge in [0.05, 0.1) is 0 Å². The lowest BCUT2D eigenvalue weighted by atomic mass is 10.1. The summed E-state index contributed by atoms with van der Waals surface area (Å²) in [5.74, 6) is 0.456. The van der Waals surface area contributed by atoms with E-state index in [2.05, 4.69) is 21.2 Å². The quantitative estimate of drug-likeness (QED) is 0.749. The van der Waals surface area contributed by atoms with Crippen molar-refractivity contribution in [2.45, 2.75) is 19.9 Å². The van der Waals surface area contributed by atoms with E-state index in [4.69, 9.17) is 4.74 Å². The molecule has 0 aliphatic rings. The molecule has 0 aromatic heterocycles. The van der Waals surface area contributed by atoms with E-state index in [1.165, 1.54) is 0 Å². The van der Waals surface area contributed by atoms with Gasteiger partial charge in [0.25, 0.3) is 5.91 Å². The van der Waals surface area contributed by atoms with Gasteiger partial charge < -0.3 is 10.1 Å². The first-order valence-electron chi connectivity index (χ1n) is 7.35. The van der Waals surface area contributed by atoms with Crippen LogP contribution in [0.25, 0.3) is 0 Å². The van der Waals surface area contributed by atoms with Crippen LogP contribution in [0.2, 0.25) is 0 Å². The van der Waals surface area contributed by atoms with E-state index in [1.54, 1.807) is 24.3 Å². The van der Waals surface area contributed by atoms with Gasteiger partial charge in [0.2, 0.25) is 0 Å². The fourth-order valence-electron chi connectivity index (χ4n) is 1.99. The zero-order valence-corrected chi connectivity index (χ0v) is 14.4. The highest BCUT2D eigenvalue weighted by Gasteiger charge is 2.05. The van der Waals surface area contributed by atoms with Crippen LogP contribution in [0.1, 0.15) is 29.3 Å². The molecule has 4 nitrogen and oxygen atoms in total. The summed E-state index contributed by atoms with van der Waals surface area (Å²) in [6.07, 6.45) is 0.470. The van der Waals surface area contributed by atoms with Gasteiger partial charge in [-0.2, -0.15) is 0 Å². The molecule has 0 heterocycles.